The zero-order valence-electron chi connectivity index (χ0n) is 17.2. The number of nitrogens with zero attached hydrogens (tertiary/aromatic N) is 2. The van der Waals surface area contributed by atoms with Gasteiger partial charge < -0.3 is 14.4 Å². The van der Waals surface area contributed by atoms with Gasteiger partial charge in [0.05, 0.1) is 22.9 Å². The molecular formula is C21H21N3O5S2. The smallest absolute Gasteiger partial charge is 0.267 e. The van der Waals surface area contributed by atoms with E-state index in [2.05, 4.69) is 9.71 Å². The summed E-state index contributed by atoms with van der Waals surface area (Å²) in [5.74, 6) is 1.09. The van der Waals surface area contributed by atoms with E-state index in [1.54, 1.807) is 48.5 Å². The largest absolute Gasteiger partial charge is 0.494 e. The molecule has 0 fully saturated rings. The molecular weight excluding hydrogens is 438 g/mol. The number of rotatable bonds is 6. The summed E-state index contributed by atoms with van der Waals surface area (Å²) in [5.41, 5.74) is 1.99. The molecule has 1 atom stereocenters. The van der Waals surface area contributed by atoms with Gasteiger partial charge in [-0.2, -0.15) is 0 Å². The number of carbonyl (C=O) groups excluding carboxylic acids is 1. The summed E-state index contributed by atoms with van der Waals surface area (Å²) < 4.78 is 38.8. The molecule has 0 bridgehead atoms. The van der Waals surface area contributed by atoms with Crippen LogP contribution >= 0.6 is 11.3 Å². The number of carbonyl (C=O) groups is 1. The van der Waals surface area contributed by atoms with E-state index in [9.17, 15) is 13.2 Å². The maximum Gasteiger partial charge on any atom is 0.267 e. The minimum atomic E-state index is -3.78. The Morgan fingerprint density at radius 2 is 1.97 bits per heavy atom. The van der Waals surface area contributed by atoms with E-state index >= 15 is 0 Å². The van der Waals surface area contributed by atoms with Crippen LogP contribution in [-0.4, -0.2) is 39.1 Å². The predicted octanol–water partition coefficient (Wildman–Crippen LogP) is 3.75. The molecule has 1 amide bonds. The fourth-order valence-electron chi connectivity index (χ4n) is 3.18. The summed E-state index contributed by atoms with van der Waals surface area (Å²) in [6.07, 6.45) is -0.536. The van der Waals surface area contributed by atoms with E-state index < -0.39 is 16.1 Å². The average Bonchev–Trinajstić information content (AvgIpc) is 3.20. The first kappa shape index (κ1) is 21.1. The lowest BCUT2D eigenvalue weighted by Gasteiger charge is -2.30. The summed E-state index contributed by atoms with van der Waals surface area (Å²) >= 11 is 1.18. The second-order valence-electron chi connectivity index (χ2n) is 6.89. The maximum atomic E-state index is 12.7. The fourth-order valence-corrected chi connectivity index (χ4v) is 5.15. The van der Waals surface area contributed by atoms with Crippen molar-refractivity contribution in [3.05, 3.63) is 47.8 Å². The zero-order valence-corrected chi connectivity index (χ0v) is 18.8. The van der Waals surface area contributed by atoms with Crippen LogP contribution in [-0.2, 0) is 14.8 Å². The first-order valence-corrected chi connectivity index (χ1v) is 11.9. The molecule has 8 nitrogen and oxygen atoms in total. The van der Waals surface area contributed by atoms with E-state index in [0.29, 0.717) is 29.5 Å². The van der Waals surface area contributed by atoms with E-state index in [1.165, 1.54) is 23.5 Å². The molecule has 2 aromatic carbocycles. The lowest BCUT2D eigenvalue weighted by atomic mass is 10.1. The van der Waals surface area contributed by atoms with Crippen molar-refractivity contribution in [2.24, 2.45) is 0 Å². The Balaban J connectivity index is 1.55. The van der Waals surface area contributed by atoms with Gasteiger partial charge in [-0.15, -0.1) is 11.3 Å². The van der Waals surface area contributed by atoms with Crippen molar-refractivity contribution in [2.45, 2.75) is 24.8 Å². The SMILES string of the molecule is CCOc1ccc(S(=O)(=O)Nc2nc(-c3ccc4c(c3)N(C)C(=O)C(C)O4)cs2)cc1. The number of ether oxygens (including phenoxy) is 2. The molecule has 1 aliphatic heterocycles. The van der Waals surface area contributed by atoms with Gasteiger partial charge in [0.2, 0.25) is 0 Å². The lowest BCUT2D eigenvalue weighted by Crippen LogP contribution is -2.41. The summed E-state index contributed by atoms with van der Waals surface area (Å²) in [6.45, 7) is 4.07. The molecule has 1 unspecified atom stereocenters. The number of hydrogen-bond donors (Lipinski definition) is 1. The number of anilines is 2. The van der Waals surface area contributed by atoms with Crippen molar-refractivity contribution in [3.63, 3.8) is 0 Å². The monoisotopic (exact) mass is 459 g/mol. The average molecular weight is 460 g/mol. The molecule has 10 heteroatoms. The molecule has 1 N–H and O–H groups in total. The Bertz CT molecular complexity index is 1220. The molecule has 1 aromatic heterocycles. The molecule has 31 heavy (non-hydrogen) atoms. The van der Waals surface area contributed by atoms with E-state index in [-0.39, 0.29) is 15.9 Å². The van der Waals surface area contributed by atoms with Crippen molar-refractivity contribution in [1.29, 1.82) is 0 Å². The normalized spacial score (nSPS) is 15.9. The third-order valence-electron chi connectivity index (χ3n) is 4.77. The van der Waals surface area contributed by atoms with Crippen molar-refractivity contribution < 1.29 is 22.7 Å². The molecule has 3 aromatic rings. The van der Waals surface area contributed by atoms with Crippen molar-refractivity contribution >= 4 is 38.1 Å². The standard InChI is InChI=1S/C21H21N3O5S2/c1-4-28-15-6-8-16(9-7-15)31(26,27)23-21-22-17(12-30-21)14-5-10-19-18(11-14)24(3)20(25)13(2)29-19/h5-13H,4H2,1-3H3,(H,22,23). The molecule has 0 aliphatic carbocycles. The highest BCUT2D eigenvalue weighted by Crippen LogP contribution is 2.37. The van der Waals surface area contributed by atoms with Crippen LogP contribution in [0, 0.1) is 0 Å². The van der Waals surface area contributed by atoms with Gasteiger partial charge >= 0.3 is 0 Å². The zero-order chi connectivity index (χ0) is 22.2. The minimum Gasteiger partial charge on any atom is -0.494 e. The fraction of sp³-hybridized carbons (Fsp3) is 0.238. The predicted molar refractivity (Wildman–Crippen MR) is 119 cm³/mol. The number of likely N-dealkylation sites (N-methyl/N-ethyl adjacent to an activating group) is 1. The van der Waals surface area contributed by atoms with Crippen molar-refractivity contribution in [1.82, 2.24) is 4.98 Å². The summed E-state index contributed by atoms with van der Waals surface area (Å²) in [7, 11) is -2.09. The topological polar surface area (TPSA) is 97.8 Å². The van der Waals surface area contributed by atoms with Gasteiger partial charge in [0.25, 0.3) is 15.9 Å². The van der Waals surface area contributed by atoms with Gasteiger partial charge in [-0.25, -0.2) is 13.4 Å². The van der Waals surface area contributed by atoms with Crippen LogP contribution in [0.3, 0.4) is 0 Å². The molecule has 4 rings (SSSR count). The van der Waals surface area contributed by atoms with E-state index in [1.807, 2.05) is 13.0 Å². The van der Waals surface area contributed by atoms with Crippen LogP contribution in [0.25, 0.3) is 11.3 Å². The molecule has 0 spiro atoms. The van der Waals surface area contributed by atoms with E-state index in [4.69, 9.17) is 9.47 Å². The van der Waals surface area contributed by atoms with Crippen LogP contribution in [0.2, 0.25) is 0 Å². The van der Waals surface area contributed by atoms with Gasteiger partial charge in [0, 0.05) is 18.0 Å². The van der Waals surface area contributed by atoms with Gasteiger partial charge in [0.15, 0.2) is 11.2 Å². The van der Waals surface area contributed by atoms with Crippen LogP contribution in [0.1, 0.15) is 13.8 Å². The summed E-state index contributed by atoms with van der Waals surface area (Å²) in [5, 5.41) is 2.00. The van der Waals surface area contributed by atoms with Crippen molar-refractivity contribution in [3.8, 4) is 22.8 Å². The van der Waals surface area contributed by atoms with Crippen LogP contribution < -0.4 is 19.1 Å². The number of amides is 1. The quantitative estimate of drug-likeness (QED) is 0.603. The number of nitrogens with one attached hydrogen (secondary N) is 1. The Hall–Kier alpha value is -3.11. The number of benzene rings is 2. The highest BCUT2D eigenvalue weighted by Gasteiger charge is 2.29. The third kappa shape index (κ3) is 4.21. The molecule has 1 aliphatic rings. The van der Waals surface area contributed by atoms with E-state index in [0.717, 1.165) is 5.56 Å². The van der Waals surface area contributed by atoms with Gasteiger partial charge in [-0.3, -0.25) is 9.52 Å². The highest BCUT2D eigenvalue weighted by atomic mass is 32.2. The van der Waals surface area contributed by atoms with Gasteiger partial charge in [-0.05, 0) is 56.3 Å². The molecule has 0 radical (unpaired) electrons. The Kier molecular flexibility index (Phi) is 5.59. The number of fused-ring (bicyclic) bond motifs is 1. The molecule has 162 valence electrons. The number of sulfonamides is 1. The van der Waals surface area contributed by atoms with Gasteiger partial charge in [0.1, 0.15) is 11.5 Å². The van der Waals surface area contributed by atoms with Crippen LogP contribution in [0.15, 0.2) is 52.7 Å². The molecule has 0 saturated heterocycles. The molecule has 2 heterocycles. The molecule has 0 saturated carbocycles. The van der Waals surface area contributed by atoms with Gasteiger partial charge in [-0.1, -0.05) is 0 Å². The summed E-state index contributed by atoms with van der Waals surface area (Å²) in [4.78, 5) is 18.3. The van der Waals surface area contributed by atoms with Crippen LogP contribution in [0.4, 0.5) is 10.8 Å². The minimum absolute atomic E-state index is 0.118. The first-order chi connectivity index (χ1) is 14.8. The Morgan fingerprint density at radius 3 is 2.68 bits per heavy atom. The van der Waals surface area contributed by atoms with Crippen molar-refractivity contribution in [2.75, 3.05) is 23.3 Å². The second-order valence-corrected chi connectivity index (χ2v) is 9.43. The van der Waals surface area contributed by atoms with Crippen LogP contribution in [0.5, 0.6) is 11.5 Å². The Labute approximate surface area is 184 Å². The summed E-state index contributed by atoms with van der Waals surface area (Å²) in [6, 6.07) is 11.6. The highest BCUT2D eigenvalue weighted by molar-refractivity contribution is 7.93. The maximum absolute atomic E-state index is 12.7. The second kappa shape index (κ2) is 8.20. The number of hydrogen-bond acceptors (Lipinski definition) is 7. The first-order valence-electron chi connectivity index (χ1n) is 9.58. The third-order valence-corrected chi connectivity index (χ3v) is 7.01. The number of aromatic nitrogens is 1. The number of thiazole rings is 1. The Morgan fingerprint density at radius 1 is 1.23 bits per heavy atom. The lowest BCUT2D eigenvalue weighted by molar-refractivity contribution is -0.125.